The van der Waals surface area contributed by atoms with Crippen molar-refractivity contribution in [2.75, 3.05) is 38.7 Å². The van der Waals surface area contributed by atoms with Gasteiger partial charge in [0.1, 0.15) is 11.8 Å². The van der Waals surface area contributed by atoms with E-state index >= 15 is 0 Å². The monoisotopic (exact) mass is 250 g/mol. The van der Waals surface area contributed by atoms with Gasteiger partial charge in [-0.2, -0.15) is 0 Å². The van der Waals surface area contributed by atoms with E-state index in [4.69, 9.17) is 9.84 Å². The maximum absolute atomic E-state index is 11.2. The number of hydrogen-bond donors (Lipinski definition) is 1. The fraction of sp³-hybridized carbons (Fsp3) is 0.462. The zero-order valence-corrected chi connectivity index (χ0v) is 10.7. The van der Waals surface area contributed by atoms with E-state index in [0.29, 0.717) is 6.54 Å². The first kappa shape index (κ1) is 12.7. The van der Waals surface area contributed by atoms with Crippen LogP contribution in [0.4, 0.5) is 5.69 Å². The molecular formula is C13H18N2O3. The fourth-order valence-corrected chi connectivity index (χ4v) is 2.17. The van der Waals surface area contributed by atoms with Crippen LogP contribution < -0.4 is 9.64 Å². The standard InChI is InChI=1S/C13H18N2O3/c1-14-7-8-15(9-12(14)13(16)17)10-3-5-11(18-2)6-4-10/h3-6,12H,7-9H2,1-2H3,(H,16,17). The predicted molar refractivity (Wildman–Crippen MR) is 69.3 cm³/mol. The van der Waals surface area contributed by atoms with Crippen LogP contribution in [0.15, 0.2) is 24.3 Å². The molecule has 18 heavy (non-hydrogen) atoms. The minimum Gasteiger partial charge on any atom is -0.497 e. The van der Waals surface area contributed by atoms with Crippen LogP contribution in [0.3, 0.4) is 0 Å². The molecule has 1 fully saturated rings. The highest BCUT2D eigenvalue weighted by atomic mass is 16.5. The second-order valence-electron chi connectivity index (χ2n) is 4.48. The van der Waals surface area contributed by atoms with E-state index in [1.165, 1.54) is 0 Å². The summed E-state index contributed by atoms with van der Waals surface area (Å²) in [5, 5.41) is 9.17. The van der Waals surface area contributed by atoms with Crippen molar-refractivity contribution in [1.29, 1.82) is 0 Å². The van der Waals surface area contributed by atoms with Crippen molar-refractivity contribution in [1.82, 2.24) is 4.90 Å². The molecule has 0 amide bonds. The van der Waals surface area contributed by atoms with Gasteiger partial charge in [0, 0.05) is 25.3 Å². The zero-order valence-electron chi connectivity index (χ0n) is 10.7. The first-order chi connectivity index (χ1) is 8.61. The Hall–Kier alpha value is -1.75. The van der Waals surface area contributed by atoms with Gasteiger partial charge >= 0.3 is 5.97 Å². The molecule has 1 aliphatic heterocycles. The SMILES string of the molecule is COc1ccc(N2CCN(C)C(C(=O)O)C2)cc1. The van der Waals surface area contributed by atoms with E-state index in [-0.39, 0.29) is 0 Å². The number of benzene rings is 1. The second kappa shape index (κ2) is 5.27. The lowest BCUT2D eigenvalue weighted by molar-refractivity contribution is -0.142. The molecule has 1 aromatic rings. The molecule has 5 heteroatoms. The van der Waals surface area contributed by atoms with Gasteiger partial charge in [-0.05, 0) is 31.3 Å². The molecule has 0 spiro atoms. The van der Waals surface area contributed by atoms with E-state index in [1.54, 1.807) is 7.11 Å². The largest absolute Gasteiger partial charge is 0.497 e. The number of carbonyl (C=O) groups is 1. The number of rotatable bonds is 3. The Kier molecular flexibility index (Phi) is 3.72. The number of carboxylic acids is 1. The third-order valence-corrected chi connectivity index (χ3v) is 3.37. The van der Waals surface area contributed by atoms with Crippen LogP contribution in [-0.2, 0) is 4.79 Å². The zero-order chi connectivity index (χ0) is 13.1. The highest BCUT2D eigenvalue weighted by molar-refractivity contribution is 5.75. The van der Waals surface area contributed by atoms with Gasteiger partial charge in [0.15, 0.2) is 0 Å². The topological polar surface area (TPSA) is 53.0 Å². The summed E-state index contributed by atoms with van der Waals surface area (Å²) in [7, 11) is 3.48. The molecule has 1 N–H and O–H groups in total. The summed E-state index contributed by atoms with van der Waals surface area (Å²) in [6.07, 6.45) is 0. The Morgan fingerprint density at radius 2 is 2.00 bits per heavy atom. The number of nitrogens with zero attached hydrogens (tertiary/aromatic N) is 2. The highest BCUT2D eigenvalue weighted by Gasteiger charge is 2.29. The van der Waals surface area contributed by atoms with Gasteiger partial charge in [-0.25, -0.2) is 0 Å². The third kappa shape index (κ3) is 2.56. The quantitative estimate of drug-likeness (QED) is 0.864. The van der Waals surface area contributed by atoms with E-state index in [0.717, 1.165) is 24.5 Å². The minimum absolute atomic E-state index is 0.444. The predicted octanol–water partition coefficient (Wildman–Crippen LogP) is 0.900. The Balaban J connectivity index is 2.11. The number of likely N-dealkylation sites (N-methyl/N-ethyl adjacent to an activating group) is 1. The van der Waals surface area contributed by atoms with Gasteiger partial charge in [-0.3, -0.25) is 9.69 Å². The fourth-order valence-electron chi connectivity index (χ4n) is 2.17. The first-order valence-electron chi connectivity index (χ1n) is 5.94. The minimum atomic E-state index is -0.768. The molecule has 98 valence electrons. The van der Waals surface area contributed by atoms with E-state index in [1.807, 2.05) is 36.2 Å². The Labute approximate surface area is 107 Å². The van der Waals surface area contributed by atoms with Crippen LogP contribution in [0.1, 0.15) is 0 Å². The molecule has 1 heterocycles. The average Bonchev–Trinajstić information content (AvgIpc) is 2.39. The molecule has 0 aliphatic carbocycles. The average molecular weight is 250 g/mol. The van der Waals surface area contributed by atoms with Crippen LogP contribution >= 0.6 is 0 Å². The van der Waals surface area contributed by atoms with Crippen molar-refractivity contribution in [2.24, 2.45) is 0 Å². The number of aliphatic carboxylic acids is 1. The number of carboxylic acid groups (broad SMARTS) is 1. The van der Waals surface area contributed by atoms with Gasteiger partial charge in [0.05, 0.1) is 7.11 Å². The third-order valence-electron chi connectivity index (χ3n) is 3.37. The van der Waals surface area contributed by atoms with Gasteiger partial charge in [0.2, 0.25) is 0 Å². The Morgan fingerprint density at radius 3 is 2.56 bits per heavy atom. The summed E-state index contributed by atoms with van der Waals surface area (Å²) >= 11 is 0. The number of ether oxygens (including phenoxy) is 1. The summed E-state index contributed by atoms with van der Waals surface area (Å²) in [5.74, 6) is 0.0402. The van der Waals surface area contributed by atoms with Crippen LogP contribution in [0.25, 0.3) is 0 Å². The van der Waals surface area contributed by atoms with Crippen molar-refractivity contribution in [3.05, 3.63) is 24.3 Å². The number of methoxy groups -OCH3 is 1. The van der Waals surface area contributed by atoms with Gasteiger partial charge in [0.25, 0.3) is 0 Å². The van der Waals surface area contributed by atoms with Crippen molar-refractivity contribution < 1.29 is 14.6 Å². The Morgan fingerprint density at radius 1 is 1.33 bits per heavy atom. The maximum atomic E-state index is 11.2. The summed E-state index contributed by atoms with van der Waals surface area (Å²) < 4.78 is 5.11. The summed E-state index contributed by atoms with van der Waals surface area (Å²) in [4.78, 5) is 15.1. The van der Waals surface area contributed by atoms with E-state index in [9.17, 15) is 4.79 Å². The number of hydrogen-bond acceptors (Lipinski definition) is 4. The van der Waals surface area contributed by atoms with Gasteiger partial charge < -0.3 is 14.7 Å². The molecule has 2 rings (SSSR count). The molecule has 0 bridgehead atoms. The van der Waals surface area contributed by atoms with Crippen molar-refractivity contribution >= 4 is 11.7 Å². The van der Waals surface area contributed by atoms with Crippen molar-refractivity contribution in [3.63, 3.8) is 0 Å². The lowest BCUT2D eigenvalue weighted by Crippen LogP contribution is -2.54. The van der Waals surface area contributed by atoms with Crippen LogP contribution in [0.5, 0.6) is 5.75 Å². The molecule has 0 radical (unpaired) electrons. The maximum Gasteiger partial charge on any atom is 0.322 e. The molecular weight excluding hydrogens is 232 g/mol. The smallest absolute Gasteiger partial charge is 0.322 e. The molecule has 1 aliphatic rings. The molecule has 1 unspecified atom stereocenters. The first-order valence-corrected chi connectivity index (χ1v) is 5.94. The summed E-state index contributed by atoms with van der Waals surface area (Å²) in [6, 6.07) is 7.26. The molecule has 5 nitrogen and oxygen atoms in total. The molecule has 0 aromatic heterocycles. The van der Waals surface area contributed by atoms with Crippen molar-refractivity contribution in [2.45, 2.75) is 6.04 Å². The van der Waals surface area contributed by atoms with E-state index in [2.05, 4.69) is 4.90 Å². The summed E-state index contributed by atoms with van der Waals surface area (Å²) in [6.45, 7) is 2.10. The van der Waals surface area contributed by atoms with Crippen molar-refractivity contribution in [3.8, 4) is 5.75 Å². The van der Waals surface area contributed by atoms with Gasteiger partial charge in [-0.1, -0.05) is 0 Å². The molecule has 1 aromatic carbocycles. The lowest BCUT2D eigenvalue weighted by Gasteiger charge is -2.38. The lowest BCUT2D eigenvalue weighted by atomic mass is 10.1. The second-order valence-corrected chi connectivity index (χ2v) is 4.48. The normalized spacial score (nSPS) is 20.8. The molecule has 0 saturated carbocycles. The van der Waals surface area contributed by atoms with Crippen LogP contribution in [-0.4, -0.2) is 55.8 Å². The number of anilines is 1. The molecule has 1 saturated heterocycles. The Bertz CT molecular complexity index is 419. The molecule has 1 atom stereocenters. The van der Waals surface area contributed by atoms with Crippen LogP contribution in [0, 0.1) is 0 Å². The van der Waals surface area contributed by atoms with Gasteiger partial charge in [-0.15, -0.1) is 0 Å². The van der Waals surface area contributed by atoms with E-state index < -0.39 is 12.0 Å². The summed E-state index contributed by atoms with van der Waals surface area (Å²) in [5.41, 5.74) is 1.04. The highest BCUT2D eigenvalue weighted by Crippen LogP contribution is 2.21. The van der Waals surface area contributed by atoms with Crippen LogP contribution in [0.2, 0.25) is 0 Å². The number of piperazine rings is 1.